The molecule has 0 amide bonds. The zero-order valence-electron chi connectivity index (χ0n) is 11.4. The molecule has 1 saturated carbocycles. The van der Waals surface area contributed by atoms with Crippen LogP contribution in [0.1, 0.15) is 26.2 Å². The van der Waals surface area contributed by atoms with E-state index in [1.807, 2.05) is 6.07 Å². The Hall–Kier alpha value is -0.580. The smallest absolute Gasteiger partial charge is 0.124 e. The van der Waals surface area contributed by atoms with Crippen LogP contribution in [-0.4, -0.2) is 29.5 Å². The van der Waals surface area contributed by atoms with Gasteiger partial charge in [-0.15, -0.1) is 11.8 Å². The Morgan fingerprint density at radius 3 is 2.84 bits per heavy atom. The first-order chi connectivity index (χ1) is 9.20. The molecule has 1 aliphatic rings. The maximum atomic E-state index is 13.2. The van der Waals surface area contributed by atoms with Crippen molar-refractivity contribution < 1.29 is 9.50 Å². The molecule has 1 aromatic rings. The number of nitrogens with one attached hydrogen (secondary N) is 1. The van der Waals surface area contributed by atoms with Crippen LogP contribution in [0, 0.1) is 11.7 Å². The van der Waals surface area contributed by atoms with Crippen LogP contribution in [0.15, 0.2) is 29.2 Å². The Balaban J connectivity index is 1.99. The Kier molecular flexibility index (Phi) is 5.25. The fourth-order valence-corrected chi connectivity index (χ4v) is 3.55. The summed E-state index contributed by atoms with van der Waals surface area (Å²) in [6.07, 6.45) is 3.42. The van der Waals surface area contributed by atoms with Gasteiger partial charge in [-0.3, -0.25) is 0 Å². The number of rotatable bonds is 8. The fourth-order valence-electron chi connectivity index (χ4n) is 2.32. The van der Waals surface area contributed by atoms with Gasteiger partial charge in [0.2, 0.25) is 0 Å². The van der Waals surface area contributed by atoms with E-state index >= 15 is 0 Å². The van der Waals surface area contributed by atoms with Gasteiger partial charge in [0, 0.05) is 10.6 Å². The maximum absolute atomic E-state index is 13.2. The van der Waals surface area contributed by atoms with Gasteiger partial charge in [-0.25, -0.2) is 4.39 Å². The quantitative estimate of drug-likeness (QED) is 0.719. The highest BCUT2D eigenvalue weighted by Gasteiger charge is 2.44. The first-order valence-corrected chi connectivity index (χ1v) is 7.93. The molecule has 1 aromatic carbocycles. The molecule has 0 saturated heterocycles. The zero-order valence-corrected chi connectivity index (χ0v) is 12.2. The number of hydrogen-bond donors (Lipinski definition) is 2. The summed E-state index contributed by atoms with van der Waals surface area (Å²) in [5, 5.41) is 13.3. The van der Waals surface area contributed by atoms with Gasteiger partial charge in [0.05, 0.1) is 12.1 Å². The van der Waals surface area contributed by atoms with Gasteiger partial charge < -0.3 is 10.4 Å². The molecule has 0 bridgehead atoms. The second-order valence-corrected chi connectivity index (χ2v) is 6.31. The summed E-state index contributed by atoms with van der Waals surface area (Å²) in [5.41, 5.74) is -0.201. The molecule has 0 aromatic heterocycles. The molecule has 1 fully saturated rings. The Morgan fingerprint density at radius 2 is 2.26 bits per heavy atom. The summed E-state index contributed by atoms with van der Waals surface area (Å²) < 4.78 is 13.2. The largest absolute Gasteiger partial charge is 0.394 e. The maximum Gasteiger partial charge on any atom is 0.124 e. The summed E-state index contributed by atoms with van der Waals surface area (Å²) in [6, 6.07) is 6.66. The highest BCUT2D eigenvalue weighted by Crippen LogP contribution is 2.42. The van der Waals surface area contributed by atoms with Crippen LogP contribution in [0.4, 0.5) is 4.39 Å². The van der Waals surface area contributed by atoms with Crippen molar-refractivity contribution in [1.29, 1.82) is 0 Å². The van der Waals surface area contributed by atoms with Crippen molar-refractivity contribution in [3.63, 3.8) is 0 Å². The summed E-state index contributed by atoms with van der Waals surface area (Å²) in [6.45, 7) is 3.20. The lowest BCUT2D eigenvalue weighted by Gasteiger charge is -2.33. The molecule has 2 nitrogen and oxygen atoms in total. The molecule has 0 aliphatic heterocycles. The summed E-state index contributed by atoms with van der Waals surface area (Å²) in [4.78, 5) is 0.928. The van der Waals surface area contributed by atoms with E-state index < -0.39 is 0 Å². The molecular formula is C15H22FNOS. The van der Waals surface area contributed by atoms with Crippen molar-refractivity contribution in [3.8, 4) is 0 Å². The third kappa shape index (κ3) is 3.94. The van der Waals surface area contributed by atoms with Crippen LogP contribution < -0.4 is 5.32 Å². The van der Waals surface area contributed by atoms with Crippen LogP contribution >= 0.6 is 11.8 Å². The molecule has 2 rings (SSSR count). The van der Waals surface area contributed by atoms with E-state index in [-0.39, 0.29) is 18.0 Å². The van der Waals surface area contributed by atoms with Crippen LogP contribution in [0.3, 0.4) is 0 Å². The van der Waals surface area contributed by atoms with E-state index in [2.05, 4.69) is 12.2 Å². The lowest BCUT2D eigenvalue weighted by Crippen LogP contribution is -2.53. The molecule has 106 valence electrons. The molecule has 1 atom stereocenters. The van der Waals surface area contributed by atoms with Gasteiger partial charge >= 0.3 is 0 Å². The molecular weight excluding hydrogens is 261 g/mol. The van der Waals surface area contributed by atoms with Crippen molar-refractivity contribution in [2.24, 2.45) is 5.92 Å². The van der Waals surface area contributed by atoms with E-state index in [0.717, 1.165) is 23.6 Å². The van der Waals surface area contributed by atoms with E-state index in [1.165, 1.54) is 18.9 Å². The minimum absolute atomic E-state index is 0.153. The number of aliphatic hydroxyl groups is 1. The fraction of sp³-hybridized carbons (Fsp3) is 0.600. The van der Waals surface area contributed by atoms with Crippen LogP contribution in [0.2, 0.25) is 0 Å². The minimum atomic E-state index is -0.201. The minimum Gasteiger partial charge on any atom is -0.394 e. The predicted octanol–water partition coefficient (Wildman–Crippen LogP) is 3.06. The van der Waals surface area contributed by atoms with Crippen LogP contribution in [-0.2, 0) is 0 Å². The van der Waals surface area contributed by atoms with E-state index in [9.17, 15) is 9.50 Å². The van der Waals surface area contributed by atoms with Crippen LogP contribution in [0.25, 0.3) is 0 Å². The van der Waals surface area contributed by atoms with Gasteiger partial charge in [0.25, 0.3) is 0 Å². The topological polar surface area (TPSA) is 32.3 Å². The highest BCUT2D eigenvalue weighted by atomic mass is 32.2. The van der Waals surface area contributed by atoms with E-state index in [0.29, 0.717) is 5.92 Å². The molecule has 4 heteroatoms. The second-order valence-electron chi connectivity index (χ2n) is 5.26. The molecule has 0 spiro atoms. The lowest BCUT2D eigenvalue weighted by atomic mass is 9.96. The van der Waals surface area contributed by atoms with Crippen molar-refractivity contribution >= 4 is 11.8 Å². The van der Waals surface area contributed by atoms with Gasteiger partial charge in [-0.05, 0) is 49.9 Å². The van der Waals surface area contributed by atoms with Crippen LogP contribution in [0.5, 0.6) is 0 Å². The molecule has 0 heterocycles. The first kappa shape index (κ1) is 14.8. The Labute approximate surface area is 118 Å². The molecule has 19 heavy (non-hydrogen) atoms. The first-order valence-electron chi connectivity index (χ1n) is 6.94. The summed E-state index contributed by atoms with van der Waals surface area (Å²) in [5.74, 6) is 1.15. The second kappa shape index (κ2) is 6.73. The molecule has 1 unspecified atom stereocenters. The van der Waals surface area contributed by atoms with Crippen molar-refractivity contribution in [1.82, 2.24) is 5.32 Å². The number of hydrogen-bond acceptors (Lipinski definition) is 3. The third-order valence-corrected chi connectivity index (χ3v) is 4.91. The summed E-state index contributed by atoms with van der Waals surface area (Å²) >= 11 is 1.62. The number of thioether (sulfide) groups is 1. The summed E-state index contributed by atoms with van der Waals surface area (Å²) in [7, 11) is 0. The van der Waals surface area contributed by atoms with Gasteiger partial charge in [-0.2, -0.15) is 0 Å². The monoisotopic (exact) mass is 283 g/mol. The SMILES string of the molecule is CCCNC(CO)(CSc1cccc(F)c1)C1CC1. The standard InChI is InChI=1S/C15H22FNOS/c1-2-8-17-15(10-18,12-6-7-12)11-19-14-5-3-4-13(16)9-14/h3-5,9,12,17-18H,2,6-8,10-11H2,1H3. The lowest BCUT2D eigenvalue weighted by molar-refractivity contribution is 0.159. The van der Waals surface area contributed by atoms with Crippen molar-refractivity contribution in [3.05, 3.63) is 30.1 Å². The van der Waals surface area contributed by atoms with E-state index in [4.69, 9.17) is 0 Å². The average Bonchev–Trinajstić information content (AvgIpc) is 3.25. The average molecular weight is 283 g/mol. The number of aliphatic hydroxyl groups excluding tert-OH is 1. The third-order valence-electron chi connectivity index (χ3n) is 3.66. The number of halogens is 1. The predicted molar refractivity (Wildman–Crippen MR) is 78.0 cm³/mol. The molecule has 2 N–H and O–H groups in total. The van der Waals surface area contributed by atoms with Crippen molar-refractivity contribution in [2.45, 2.75) is 36.6 Å². The van der Waals surface area contributed by atoms with E-state index in [1.54, 1.807) is 23.9 Å². The van der Waals surface area contributed by atoms with Gasteiger partial charge in [0.15, 0.2) is 0 Å². The normalized spacial score (nSPS) is 18.3. The molecule has 1 aliphatic carbocycles. The Bertz CT molecular complexity index is 411. The van der Waals surface area contributed by atoms with Gasteiger partial charge in [0.1, 0.15) is 5.82 Å². The number of benzene rings is 1. The van der Waals surface area contributed by atoms with Gasteiger partial charge in [-0.1, -0.05) is 13.0 Å². The van der Waals surface area contributed by atoms with Crippen molar-refractivity contribution in [2.75, 3.05) is 18.9 Å². The molecule has 0 radical (unpaired) electrons. The Morgan fingerprint density at radius 1 is 1.47 bits per heavy atom. The highest BCUT2D eigenvalue weighted by molar-refractivity contribution is 7.99. The zero-order chi connectivity index (χ0) is 13.7.